The van der Waals surface area contributed by atoms with Gasteiger partial charge in [0.05, 0.1) is 0 Å². The molecule has 0 unspecified atom stereocenters. The predicted octanol–water partition coefficient (Wildman–Crippen LogP) is 2.14. The van der Waals surface area contributed by atoms with Crippen molar-refractivity contribution in [1.82, 2.24) is 4.90 Å². The third-order valence-corrected chi connectivity index (χ3v) is 4.16. The number of aliphatic hydroxyl groups excluding tert-OH is 1. The Kier molecular flexibility index (Phi) is 3.69. The molecule has 0 aromatic heterocycles. The molecule has 0 radical (unpaired) electrons. The fourth-order valence-corrected chi connectivity index (χ4v) is 2.66. The van der Waals surface area contributed by atoms with Crippen molar-refractivity contribution in [2.75, 3.05) is 12.8 Å². The average Bonchev–Trinajstić information content (AvgIpc) is 2.54. The van der Waals surface area contributed by atoms with Crippen LogP contribution in [0, 0.1) is 5.41 Å². The van der Waals surface area contributed by atoms with Gasteiger partial charge in [-0.15, -0.1) is 11.8 Å². The number of carbonyl (C=O) groups is 1. The second-order valence-corrected chi connectivity index (χ2v) is 6.31. The van der Waals surface area contributed by atoms with E-state index < -0.39 is 6.10 Å². The highest BCUT2D eigenvalue weighted by molar-refractivity contribution is 7.98. The van der Waals surface area contributed by atoms with Crippen LogP contribution < -0.4 is 0 Å². The number of aliphatic hydroxyl groups is 1. The summed E-state index contributed by atoms with van der Waals surface area (Å²) in [6.07, 6.45) is 1.17. The van der Waals surface area contributed by atoms with Crippen LogP contribution in [-0.4, -0.2) is 34.8 Å². The Hall–Kier alpha value is -1.00. The van der Waals surface area contributed by atoms with E-state index >= 15 is 0 Å². The molecule has 0 spiro atoms. The minimum Gasteiger partial charge on any atom is -0.383 e. The van der Waals surface area contributed by atoms with Gasteiger partial charge in [-0.1, -0.05) is 26.0 Å². The van der Waals surface area contributed by atoms with Gasteiger partial charge in [0, 0.05) is 23.4 Å². The molecule has 2 rings (SSSR count). The van der Waals surface area contributed by atoms with Crippen molar-refractivity contribution >= 4 is 17.7 Å². The number of hydrogen-bond acceptors (Lipinski definition) is 3. The molecular weight excluding hydrogens is 246 g/mol. The first-order valence-corrected chi connectivity index (χ1v) is 7.26. The average molecular weight is 265 g/mol. The van der Waals surface area contributed by atoms with Crippen LogP contribution in [0.1, 0.15) is 19.4 Å². The van der Waals surface area contributed by atoms with Gasteiger partial charge in [-0.2, -0.15) is 0 Å². The fraction of sp³-hybridized carbons (Fsp3) is 0.500. The largest absolute Gasteiger partial charge is 0.383 e. The van der Waals surface area contributed by atoms with Crippen molar-refractivity contribution in [3.8, 4) is 0 Å². The van der Waals surface area contributed by atoms with Crippen LogP contribution in [0.3, 0.4) is 0 Å². The minimum absolute atomic E-state index is 0.158. The Labute approximate surface area is 112 Å². The van der Waals surface area contributed by atoms with Crippen LogP contribution in [0.15, 0.2) is 29.2 Å². The molecule has 1 aromatic carbocycles. The van der Waals surface area contributed by atoms with E-state index in [2.05, 4.69) is 12.1 Å². The molecule has 0 bridgehead atoms. The molecule has 1 atom stereocenters. The Morgan fingerprint density at radius 1 is 1.39 bits per heavy atom. The molecule has 0 aliphatic carbocycles. The molecular formula is C14H19NO2S. The van der Waals surface area contributed by atoms with Gasteiger partial charge in [0.25, 0.3) is 5.91 Å². The first-order valence-electron chi connectivity index (χ1n) is 6.04. The van der Waals surface area contributed by atoms with E-state index in [0.717, 1.165) is 5.56 Å². The van der Waals surface area contributed by atoms with Gasteiger partial charge in [0.15, 0.2) is 0 Å². The zero-order chi connectivity index (χ0) is 13.3. The molecule has 1 fully saturated rings. The molecule has 1 aliphatic rings. The van der Waals surface area contributed by atoms with Crippen molar-refractivity contribution in [3.63, 3.8) is 0 Å². The van der Waals surface area contributed by atoms with Crippen molar-refractivity contribution in [2.24, 2.45) is 5.41 Å². The van der Waals surface area contributed by atoms with Gasteiger partial charge in [-0.05, 0) is 24.0 Å². The lowest BCUT2D eigenvalue weighted by atomic mass is 9.90. The summed E-state index contributed by atoms with van der Waals surface area (Å²) < 4.78 is 0. The maximum absolute atomic E-state index is 11.9. The van der Waals surface area contributed by atoms with Gasteiger partial charge in [-0.3, -0.25) is 4.79 Å². The lowest BCUT2D eigenvalue weighted by molar-refractivity contribution is -0.136. The molecule has 1 aliphatic heterocycles. The molecule has 98 valence electrons. The molecule has 4 heteroatoms. The first-order chi connectivity index (χ1) is 8.44. The molecule has 1 N–H and O–H groups in total. The number of likely N-dealkylation sites (tertiary alicyclic amines) is 1. The van der Waals surface area contributed by atoms with Crippen LogP contribution in [0.4, 0.5) is 0 Å². The summed E-state index contributed by atoms with van der Waals surface area (Å²) in [5.41, 5.74) is 0.752. The van der Waals surface area contributed by atoms with E-state index in [1.807, 2.05) is 32.2 Å². The molecule has 18 heavy (non-hydrogen) atoms. The number of hydrogen-bond donors (Lipinski definition) is 1. The number of benzene rings is 1. The van der Waals surface area contributed by atoms with Crippen LogP contribution in [0.25, 0.3) is 0 Å². The van der Waals surface area contributed by atoms with E-state index in [-0.39, 0.29) is 11.3 Å². The lowest BCUT2D eigenvalue weighted by Gasteiger charge is -2.20. The van der Waals surface area contributed by atoms with Crippen molar-refractivity contribution < 1.29 is 9.90 Å². The fourth-order valence-electron chi connectivity index (χ4n) is 2.25. The maximum atomic E-state index is 11.9. The van der Waals surface area contributed by atoms with E-state index in [1.54, 1.807) is 16.7 Å². The monoisotopic (exact) mass is 265 g/mol. The summed E-state index contributed by atoms with van der Waals surface area (Å²) in [6, 6.07) is 8.19. The van der Waals surface area contributed by atoms with Crippen LogP contribution in [0.5, 0.6) is 0 Å². The van der Waals surface area contributed by atoms with E-state index in [0.29, 0.717) is 13.1 Å². The van der Waals surface area contributed by atoms with Gasteiger partial charge in [-0.25, -0.2) is 0 Å². The van der Waals surface area contributed by atoms with Crippen molar-refractivity contribution in [3.05, 3.63) is 29.8 Å². The van der Waals surface area contributed by atoms with Gasteiger partial charge in [0.2, 0.25) is 0 Å². The zero-order valence-electron chi connectivity index (χ0n) is 11.0. The molecule has 3 nitrogen and oxygen atoms in total. The summed E-state index contributed by atoms with van der Waals surface area (Å²) in [7, 11) is 0. The number of amides is 1. The normalized spacial score (nSPS) is 22.6. The molecule has 1 saturated heterocycles. The first kappa shape index (κ1) is 13.4. The third-order valence-electron chi connectivity index (χ3n) is 3.42. The van der Waals surface area contributed by atoms with Gasteiger partial charge in [0.1, 0.15) is 6.10 Å². The van der Waals surface area contributed by atoms with E-state index in [9.17, 15) is 9.90 Å². The Morgan fingerprint density at radius 2 is 2.00 bits per heavy atom. The molecule has 1 aromatic rings. The number of rotatable bonds is 3. The van der Waals surface area contributed by atoms with Crippen LogP contribution >= 0.6 is 11.8 Å². The van der Waals surface area contributed by atoms with E-state index in [4.69, 9.17) is 0 Å². The zero-order valence-corrected chi connectivity index (χ0v) is 11.8. The van der Waals surface area contributed by atoms with Crippen LogP contribution in [0.2, 0.25) is 0 Å². The van der Waals surface area contributed by atoms with Crippen molar-refractivity contribution in [2.45, 2.75) is 31.4 Å². The highest BCUT2D eigenvalue weighted by atomic mass is 32.2. The molecule has 0 saturated carbocycles. The minimum atomic E-state index is -0.872. The van der Waals surface area contributed by atoms with Crippen LogP contribution in [-0.2, 0) is 11.3 Å². The Morgan fingerprint density at radius 3 is 2.44 bits per heavy atom. The standard InChI is InChI=1S/C14H19NO2S/c1-14(2)9-15(13(17)12(14)16)8-10-4-6-11(18-3)7-5-10/h4-7,12,16H,8-9H2,1-3H3/t12-/m0/s1. The molecule has 1 amide bonds. The predicted molar refractivity (Wildman–Crippen MR) is 73.4 cm³/mol. The number of thioether (sulfide) groups is 1. The molecule has 1 heterocycles. The number of carbonyl (C=O) groups excluding carboxylic acids is 1. The van der Waals surface area contributed by atoms with E-state index in [1.165, 1.54) is 4.90 Å². The highest BCUT2D eigenvalue weighted by Crippen LogP contribution is 2.31. The third kappa shape index (κ3) is 2.54. The quantitative estimate of drug-likeness (QED) is 0.851. The summed E-state index contributed by atoms with van der Waals surface area (Å²) in [5, 5.41) is 9.86. The van der Waals surface area contributed by atoms with Crippen molar-refractivity contribution in [1.29, 1.82) is 0 Å². The number of nitrogens with zero attached hydrogens (tertiary/aromatic N) is 1. The smallest absolute Gasteiger partial charge is 0.252 e. The summed E-state index contributed by atoms with van der Waals surface area (Å²) >= 11 is 1.70. The van der Waals surface area contributed by atoms with Gasteiger partial charge < -0.3 is 10.0 Å². The summed E-state index contributed by atoms with van der Waals surface area (Å²) in [6.45, 7) is 5.03. The summed E-state index contributed by atoms with van der Waals surface area (Å²) in [5.74, 6) is -0.158. The second kappa shape index (κ2) is 4.94. The van der Waals surface area contributed by atoms with Gasteiger partial charge >= 0.3 is 0 Å². The Balaban J connectivity index is 2.08. The maximum Gasteiger partial charge on any atom is 0.252 e. The topological polar surface area (TPSA) is 40.5 Å². The lowest BCUT2D eigenvalue weighted by Crippen LogP contribution is -2.30. The second-order valence-electron chi connectivity index (χ2n) is 5.43. The SMILES string of the molecule is CSc1ccc(CN2CC(C)(C)[C@@H](O)C2=O)cc1. The Bertz CT molecular complexity index is 442. The highest BCUT2D eigenvalue weighted by Gasteiger charge is 2.44. The summed E-state index contributed by atoms with van der Waals surface area (Å²) in [4.78, 5) is 14.9.